The van der Waals surface area contributed by atoms with E-state index in [0.29, 0.717) is 11.8 Å². The molecule has 2 nitrogen and oxygen atoms in total. The number of anilines is 2. The van der Waals surface area contributed by atoms with E-state index in [4.69, 9.17) is 4.42 Å². The Morgan fingerprint density at radius 2 is 1.15 bits per heavy atom. The lowest BCUT2D eigenvalue weighted by molar-refractivity contribution is 0.589. The molecule has 3 heteroatoms. The first-order valence-electron chi connectivity index (χ1n) is 24.1. The second-order valence-electron chi connectivity index (χ2n) is 21.7. The normalized spacial score (nSPS) is 13.7. The van der Waals surface area contributed by atoms with E-state index < -0.39 is 0 Å². The van der Waals surface area contributed by atoms with Gasteiger partial charge in [-0.15, -0.1) is 0 Å². The molecule has 0 aliphatic carbocycles. The largest absolute Gasteiger partial charge is 0.469 e. The molecule has 7 aromatic carbocycles. The minimum atomic E-state index is -0.0658. The van der Waals surface area contributed by atoms with Gasteiger partial charge in [0.15, 0.2) is 0 Å². The summed E-state index contributed by atoms with van der Waals surface area (Å²) in [6, 6.07) is 58.3. The molecule has 1 aromatic heterocycles. The number of nitrogens with zero attached hydrogens (tertiary/aromatic N) is 1. The fourth-order valence-electron chi connectivity index (χ4n) is 10.6. The quantitative estimate of drug-likeness (QED) is 0.128. The molecule has 3 heterocycles. The van der Waals surface area contributed by atoms with E-state index in [1.807, 2.05) is 0 Å². The highest BCUT2D eigenvalue weighted by molar-refractivity contribution is 7.00. The number of fused-ring (bicyclic) bond motifs is 4. The van der Waals surface area contributed by atoms with Crippen molar-refractivity contribution in [1.29, 1.82) is 0 Å². The van der Waals surface area contributed by atoms with E-state index in [0.717, 1.165) is 36.4 Å². The molecule has 1 atom stereocenters. The predicted octanol–water partition coefficient (Wildman–Crippen LogP) is 14.9. The van der Waals surface area contributed by atoms with Crippen molar-refractivity contribution in [3.63, 3.8) is 0 Å². The molecule has 0 radical (unpaired) electrons. The van der Waals surface area contributed by atoms with Crippen LogP contribution in [0.15, 0.2) is 156 Å². The molecule has 2 aliphatic heterocycles. The van der Waals surface area contributed by atoms with Gasteiger partial charge in [0.05, 0.1) is 5.66 Å². The Morgan fingerprint density at radius 3 is 1.80 bits per heavy atom. The molecule has 0 saturated carbocycles. The second-order valence-corrected chi connectivity index (χ2v) is 21.7. The van der Waals surface area contributed by atoms with Gasteiger partial charge in [-0.3, -0.25) is 0 Å². The van der Waals surface area contributed by atoms with Crippen molar-refractivity contribution in [3.8, 4) is 22.5 Å². The molecule has 2 aliphatic rings. The fraction of sp³-hybridized carbons (Fsp3) is 0.290. The highest BCUT2D eigenvalue weighted by Crippen LogP contribution is 2.45. The topological polar surface area (TPSA) is 16.4 Å². The maximum atomic E-state index is 7.33. The average Bonchev–Trinajstić information content (AvgIpc) is 3.69. The van der Waals surface area contributed by atoms with Crippen LogP contribution in [0.3, 0.4) is 0 Å². The summed E-state index contributed by atoms with van der Waals surface area (Å²) in [7, 11) is 0. The van der Waals surface area contributed by atoms with E-state index in [2.05, 4.69) is 226 Å². The fourth-order valence-corrected chi connectivity index (χ4v) is 10.6. The van der Waals surface area contributed by atoms with Crippen molar-refractivity contribution in [2.75, 3.05) is 4.90 Å². The van der Waals surface area contributed by atoms with Gasteiger partial charge in [-0.2, -0.15) is 0 Å². The second kappa shape index (κ2) is 16.4. The Morgan fingerprint density at radius 1 is 0.538 bits per heavy atom. The van der Waals surface area contributed by atoms with Crippen LogP contribution < -0.4 is 21.5 Å². The number of rotatable bonds is 10. The van der Waals surface area contributed by atoms with Crippen molar-refractivity contribution in [3.05, 3.63) is 196 Å². The van der Waals surface area contributed by atoms with Gasteiger partial charge in [-0.25, -0.2) is 0 Å². The van der Waals surface area contributed by atoms with Crippen LogP contribution >= 0.6 is 0 Å². The van der Waals surface area contributed by atoms with Gasteiger partial charge in [0.2, 0.25) is 0 Å². The highest BCUT2D eigenvalue weighted by atomic mass is 16.3. The summed E-state index contributed by atoms with van der Waals surface area (Å²) >= 11 is 0. The standard InChI is InChI=1S/C62H64BNO/c1-39(2)43-24-19-41(20-25-43)23-33-50(45-28-26-44(27-29-45)40(3)4)47-35-53-51-17-14-18-52-57(51)60(65-59(52)46-15-12-11-13-16-46)63-54-37-49(62(8,9)10)32-34-55(54)64(56(36-47)58(53)63)38-42-21-30-48(31-22-42)61(5,6)7/h11-22,24-32,34-37,39-40,50H,23,33,38H2,1-10H3/t50-/m1/s1. The van der Waals surface area contributed by atoms with Gasteiger partial charge in [0.25, 0.3) is 6.71 Å². The summed E-state index contributed by atoms with van der Waals surface area (Å²) < 4.78 is 7.33. The first-order chi connectivity index (χ1) is 31.1. The first kappa shape index (κ1) is 42.9. The molecule has 8 aromatic rings. The Balaban J connectivity index is 1.23. The molecular formula is C62H64BNO. The first-order valence-corrected chi connectivity index (χ1v) is 24.1. The van der Waals surface area contributed by atoms with Crippen LogP contribution in [0.25, 0.3) is 33.2 Å². The minimum Gasteiger partial charge on any atom is -0.469 e. The lowest BCUT2D eigenvalue weighted by Crippen LogP contribution is -2.59. The Labute approximate surface area is 388 Å². The van der Waals surface area contributed by atoms with Crippen LogP contribution in [0.1, 0.15) is 138 Å². The third-order valence-corrected chi connectivity index (χ3v) is 14.5. The van der Waals surface area contributed by atoms with Gasteiger partial charge in [0.1, 0.15) is 5.76 Å². The van der Waals surface area contributed by atoms with Gasteiger partial charge in [-0.1, -0.05) is 209 Å². The maximum Gasteiger partial charge on any atom is 0.293 e. The van der Waals surface area contributed by atoms with Crippen molar-refractivity contribution < 1.29 is 4.42 Å². The molecule has 326 valence electrons. The lowest BCUT2D eigenvalue weighted by Gasteiger charge is -2.40. The number of benzene rings is 7. The Bertz CT molecular complexity index is 3010. The molecule has 65 heavy (non-hydrogen) atoms. The molecule has 0 fully saturated rings. The van der Waals surface area contributed by atoms with Crippen molar-refractivity contribution in [2.45, 2.75) is 117 Å². The summed E-state index contributed by atoms with van der Waals surface area (Å²) in [5.74, 6) is 2.13. The molecule has 0 amide bonds. The number of hydrogen-bond donors (Lipinski definition) is 0. The maximum absolute atomic E-state index is 7.33. The van der Waals surface area contributed by atoms with E-state index in [9.17, 15) is 0 Å². The van der Waals surface area contributed by atoms with Crippen LogP contribution in [-0.2, 0) is 23.8 Å². The predicted molar refractivity (Wildman–Crippen MR) is 279 cm³/mol. The molecule has 0 bridgehead atoms. The SMILES string of the molecule is CC(C)c1ccc(CC[C@H](c2ccc(C(C)C)cc2)c2cc3c4c(c2)N(Cc2ccc(C(C)(C)C)cc2)c2ccc(C(C)(C)C)cc2B4c2oc(-c4ccccc4)c4cccc-3c24)cc1. The van der Waals surface area contributed by atoms with Crippen LogP contribution in [0, 0.1) is 0 Å². The minimum absolute atomic E-state index is 0.0245. The number of hydrogen-bond acceptors (Lipinski definition) is 2. The highest BCUT2D eigenvalue weighted by Gasteiger charge is 2.44. The van der Waals surface area contributed by atoms with Crippen molar-refractivity contribution in [2.24, 2.45) is 0 Å². The summed E-state index contributed by atoms with van der Waals surface area (Å²) in [4.78, 5) is 2.64. The van der Waals surface area contributed by atoms with E-state index in [1.165, 1.54) is 88.7 Å². The third-order valence-electron chi connectivity index (χ3n) is 14.5. The molecule has 10 rings (SSSR count). The summed E-state index contributed by atoms with van der Waals surface area (Å²) in [5.41, 5.74) is 20.9. The molecule has 0 spiro atoms. The molecular weight excluding hydrogens is 785 g/mol. The lowest BCUT2D eigenvalue weighted by atomic mass is 9.34. The average molecular weight is 850 g/mol. The van der Waals surface area contributed by atoms with Crippen molar-refractivity contribution in [1.82, 2.24) is 0 Å². The zero-order chi connectivity index (χ0) is 45.4. The monoisotopic (exact) mass is 850 g/mol. The Kier molecular flexibility index (Phi) is 10.8. The van der Waals surface area contributed by atoms with Crippen LogP contribution in [0.2, 0.25) is 0 Å². The van der Waals surface area contributed by atoms with E-state index in [1.54, 1.807) is 0 Å². The van der Waals surface area contributed by atoms with Crippen LogP contribution in [0.5, 0.6) is 0 Å². The molecule has 0 N–H and O–H groups in total. The summed E-state index contributed by atoms with van der Waals surface area (Å²) in [5, 5.41) is 2.43. The van der Waals surface area contributed by atoms with Crippen LogP contribution in [-0.4, -0.2) is 6.71 Å². The van der Waals surface area contributed by atoms with Crippen LogP contribution in [0.4, 0.5) is 11.4 Å². The summed E-state index contributed by atoms with van der Waals surface area (Å²) in [6.45, 7) is 23.7. The van der Waals surface area contributed by atoms with Gasteiger partial charge < -0.3 is 9.32 Å². The third kappa shape index (κ3) is 7.86. The van der Waals surface area contributed by atoms with E-state index in [-0.39, 0.29) is 23.5 Å². The Hall–Kier alpha value is -6.06. The van der Waals surface area contributed by atoms with Crippen molar-refractivity contribution >= 4 is 45.4 Å². The number of furan rings is 1. The van der Waals surface area contributed by atoms with Gasteiger partial charge >= 0.3 is 0 Å². The molecule has 0 saturated heterocycles. The number of aryl methyl sites for hydroxylation is 1. The summed E-state index contributed by atoms with van der Waals surface area (Å²) in [6.07, 6.45) is 2.00. The van der Waals surface area contributed by atoms with Gasteiger partial charge in [-0.05, 0) is 114 Å². The van der Waals surface area contributed by atoms with Gasteiger partial charge in [0, 0.05) is 40.2 Å². The zero-order valence-corrected chi connectivity index (χ0v) is 40.2. The van der Waals surface area contributed by atoms with E-state index >= 15 is 0 Å². The molecule has 0 unspecified atom stereocenters. The zero-order valence-electron chi connectivity index (χ0n) is 40.2. The smallest absolute Gasteiger partial charge is 0.293 e.